The van der Waals surface area contributed by atoms with Crippen molar-refractivity contribution in [3.8, 4) is 17.8 Å². The van der Waals surface area contributed by atoms with Crippen molar-refractivity contribution in [3.05, 3.63) is 53.2 Å². The van der Waals surface area contributed by atoms with Crippen molar-refractivity contribution in [1.82, 2.24) is 10.3 Å². The van der Waals surface area contributed by atoms with Crippen LogP contribution in [0.1, 0.15) is 31.2 Å². The summed E-state index contributed by atoms with van der Waals surface area (Å²) in [6, 6.07) is 10.8. The average Bonchev–Trinajstić information content (AvgIpc) is 2.74. The van der Waals surface area contributed by atoms with E-state index in [-0.39, 0.29) is 6.61 Å². The van der Waals surface area contributed by atoms with E-state index in [2.05, 4.69) is 15.3 Å². The Hall–Kier alpha value is -2.62. The Bertz CT molecular complexity index is 823. The molecule has 2 aromatic rings. The second kappa shape index (κ2) is 10.1. The first kappa shape index (κ1) is 20.1. The molecule has 1 aromatic carbocycles. The zero-order chi connectivity index (χ0) is 19.8. The van der Waals surface area contributed by atoms with Crippen LogP contribution in [0, 0.1) is 23.3 Å². The largest absolute Gasteiger partial charge is 0.439 e. The van der Waals surface area contributed by atoms with E-state index in [1.165, 1.54) is 6.20 Å². The molecule has 146 valence electrons. The molecule has 1 saturated carbocycles. The summed E-state index contributed by atoms with van der Waals surface area (Å²) in [6.45, 7) is 0.951. The smallest absolute Gasteiger partial charge is 0.219 e. The zero-order valence-electron chi connectivity index (χ0n) is 15.5. The Morgan fingerprint density at radius 2 is 1.89 bits per heavy atom. The van der Waals surface area contributed by atoms with Crippen molar-refractivity contribution < 1.29 is 9.84 Å². The monoisotopic (exact) mass is 398 g/mol. The Morgan fingerprint density at radius 3 is 2.50 bits per heavy atom. The van der Waals surface area contributed by atoms with Gasteiger partial charge in [0.2, 0.25) is 5.88 Å². The van der Waals surface area contributed by atoms with Crippen LogP contribution in [0.3, 0.4) is 0 Å². The molecule has 0 saturated heterocycles. The van der Waals surface area contributed by atoms with Crippen molar-refractivity contribution in [2.24, 2.45) is 16.8 Å². The molecule has 1 aromatic heterocycles. The van der Waals surface area contributed by atoms with Crippen LogP contribution in [0.25, 0.3) is 0 Å². The van der Waals surface area contributed by atoms with Crippen molar-refractivity contribution in [2.45, 2.75) is 25.7 Å². The van der Waals surface area contributed by atoms with E-state index >= 15 is 0 Å². The fourth-order valence-electron chi connectivity index (χ4n) is 3.30. The average molecular weight is 399 g/mol. The van der Waals surface area contributed by atoms with Gasteiger partial charge in [-0.05, 0) is 67.9 Å². The number of benzene rings is 1. The van der Waals surface area contributed by atoms with Gasteiger partial charge in [0.15, 0.2) is 6.19 Å². The summed E-state index contributed by atoms with van der Waals surface area (Å²) in [4.78, 5) is 8.74. The number of amidine groups is 1. The maximum Gasteiger partial charge on any atom is 0.219 e. The summed E-state index contributed by atoms with van der Waals surface area (Å²) in [7, 11) is 0. The minimum Gasteiger partial charge on any atom is -0.439 e. The van der Waals surface area contributed by atoms with Crippen LogP contribution in [0.5, 0.6) is 11.6 Å². The third-order valence-electron chi connectivity index (χ3n) is 4.96. The first-order chi connectivity index (χ1) is 13.7. The normalized spacial score (nSPS) is 19.7. The summed E-state index contributed by atoms with van der Waals surface area (Å²) in [5, 5.41) is 21.5. The van der Waals surface area contributed by atoms with Crippen molar-refractivity contribution >= 4 is 17.4 Å². The number of halogens is 1. The minimum atomic E-state index is 0.275. The van der Waals surface area contributed by atoms with E-state index in [9.17, 15) is 5.11 Å². The van der Waals surface area contributed by atoms with Gasteiger partial charge in [-0.2, -0.15) is 5.26 Å². The van der Waals surface area contributed by atoms with E-state index in [1.807, 2.05) is 30.5 Å². The lowest BCUT2D eigenvalue weighted by Crippen LogP contribution is -2.23. The van der Waals surface area contributed by atoms with Gasteiger partial charge in [0.1, 0.15) is 11.6 Å². The minimum absolute atomic E-state index is 0.275. The summed E-state index contributed by atoms with van der Waals surface area (Å²) in [5.74, 6) is 2.58. The van der Waals surface area contributed by atoms with Crippen molar-refractivity contribution in [2.75, 3.05) is 13.2 Å². The van der Waals surface area contributed by atoms with E-state index in [4.69, 9.17) is 21.6 Å². The number of pyridine rings is 1. The van der Waals surface area contributed by atoms with Gasteiger partial charge in [0, 0.05) is 31.0 Å². The molecule has 2 N–H and O–H groups in total. The van der Waals surface area contributed by atoms with Crippen LogP contribution in [0.2, 0.25) is 5.02 Å². The number of nitrogens with one attached hydrogen (secondary N) is 1. The fourth-order valence-corrected chi connectivity index (χ4v) is 3.41. The van der Waals surface area contributed by atoms with Crippen LogP contribution < -0.4 is 10.1 Å². The molecule has 7 heteroatoms. The van der Waals surface area contributed by atoms with Crippen LogP contribution in [-0.4, -0.2) is 29.1 Å². The van der Waals surface area contributed by atoms with E-state index in [1.54, 1.807) is 12.1 Å². The molecular formula is C21H23ClN4O2. The van der Waals surface area contributed by atoms with Gasteiger partial charge in [-0.15, -0.1) is 0 Å². The van der Waals surface area contributed by atoms with Crippen LogP contribution in [0.4, 0.5) is 0 Å². The van der Waals surface area contributed by atoms with E-state index in [0.29, 0.717) is 40.9 Å². The maximum atomic E-state index is 9.25. The molecule has 1 aliphatic rings. The van der Waals surface area contributed by atoms with Gasteiger partial charge in [-0.3, -0.25) is 10.3 Å². The number of nitrogens with zero attached hydrogens (tertiary/aromatic N) is 3. The van der Waals surface area contributed by atoms with Crippen LogP contribution in [-0.2, 0) is 0 Å². The number of aliphatic hydroxyl groups excluding tert-OH is 1. The molecule has 1 heterocycles. The molecule has 28 heavy (non-hydrogen) atoms. The zero-order valence-corrected chi connectivity index (χ0v) is 16.3. The van der Waals surface area contributed by atoms with Crippen molar-refractivity contribution in [1.29, 1.82) is 5.26 Å². The number of ether oxygens (including phenoxy) is 1. The van der Waals surface area contributed by atoms with Gasteiger partial charge in [0.25, 0.3) is 0 Å². The standard InChI is InChI=1S/C21H23ClN4O2/c22-18-7-10-20(24-12-18)28-19-8-5-17(6-9-19)21(26-14-23)25-11-15-1-3-16(13-27)4-2-15/h5-10,12,15-16,27H,1-4,11,13H2,(H,25,26). The second-order valence-electron chi connectivity index (χ2n) is 6.94. The molecule has 0 atom stereocenters. The molecule has 0 amide bonds. The Labute approximate surface area is 169 Å². The molecule has 1 fully saturated rings. The topological polar surface area (TPSA) is 90.5 Å². The summed E-state index contributed by atoms with van der Waals surface area (Å²) < 4.78 is 5.69. The summed E-state index contributed by atoms with van der Waals surface area (Å²) in [5.41, 5.74) is 0.821. The van der Waals surface area contributed by atoms with Gasteiger partial charge < -0.3 is 9.84 Å². The van der Waals surface area contributed by atoms with Crippen LogP contribution in [0.15, 0.2) is 47.6 Å². The number of hydrogen-bond acceptors (Lipinski definition) is 5. The highest BCUT2D eigenvalue weighted by molar-refractivity contribution is 6.30. The lowest BCUT2D eigenvalue weighted by Gasteiger charge is -2.26. The molecule has 0 unspecified atom stereocenters. The van der Waals surface area contributed by atoms with Gasteiger partial charge in [0.05, 0.1) is 5.02 Å². The highest BCUT2D eigenvalue weighted by Crippen LogP contribution is 2.28. The predicted molar refractivity (Wildman–Crippen MR) is 108 cm³/mol. The molecule has 0 radical (unpaired) electrons. The Kier molecular flexibility index (Phi) is 7.24. The maximum absolute atomic E-state index is 9.25. The molecule has 0 spiro atoms. The highest BCUT2D eigenvalue weighted by atomic mass is 35.5. The SMILES string of the molecule is N#CNC(=NCC1CCC(CO)CC1)c1ccc(Oc2ccc(Cl)cn2)cc1. The molecule has 0 bridgehead atoms. The molecule has 3 rings (SSSR count). The number of hydrogen-bond donors (Lipinski definition) is 2. The molecule has 1 aliphatic carbocycles. The van der Waals surface area contributed by atoms with Gasteiger partial charge >= 0.3 is 0 Å². The summed E-state index contributed by atoms with van der Waals surface area (Å²) >= 11 is 5.82. The first-order valence-electron chi connectivity index (χ1n) is 9.38. The third-order valence-corrected chi connectivity index (χ3v) is 5.18. The fraction of sp³-hybridized carbons (Fsp3) is 0.381. The molecule has 6 nitrogen and oxygen atoms in total. The lowest BCUT2D eigenvalue weighted by molar-refractivity contribution is 0.169. The third kappa shape index (κ3) is 5.69. The number of aliphatic hydroxyl groups is 1. The van der Waals surface area contributed by atoms with E-state index in [0.717, 1.165) is 31.2 Å². The van der Waals surface area contributed by atoms with Crippen molar-refractivity contribution in [3.63, 3.8) is 0 Å². The number of aliphatic imine (C=N–C) groups is 1. The molecule has 0 aliphatic heterocycles. The Balaban J connectivity index is 1.63. The highest BCUT2D eigenvalue weighted by Gasteiger charge is 2.20. The number of rotatable bonds is 6. The number of nitriles is 1. The predicted octanol–water partition coefficient (Wildman–Crippen LogP) is 4.14. The van der Waals surface area contributed by atoms with Crippen LogP contribution >= 0.6 is 11.6 Å². The molecular weight excluding hydrogens is 376 g/mol. The number of aromatic nitrogens is 1. The van der Waals surface area contributed by atoms with E-state index < -0.39 is 0 Å². The quantitative estimate of drug-likeness (QED) is 0.330. The first-order valence-corrected chi connectivity index (χ1v) is 9.76. The van der Waals surface area contributed by atoms with Gasteiger partial charge in [-0.1, -0.05) is 11.6 Å². The lowest BCUT2D eigenvalue weighted by atomic mass is 9.82. The summed E-state index contributed by atoms with van der Waals surface area (Å²) in [6.07, 6.45) is 7.71. The van der Waals surface area contributed by atoms with Gasteiger partial charge in [-0.25, -0.2) is 4.98 Å². The Morgan fingerprint density at radius 1 is 1.18 bits per heavy atom. The second-order valence-corrected chi connectivity index (χ2v) is 7.37.